The Kier molecular flexibility index (Phi) is 8.61. The van der Waals surface area contributed by atoms with Crippen LogP contribution < -0.4 is 31.9 Å². The highest BCUT2D eigenvalue weighted by Gasteiger charge is 2.23. The van der Waals surface area contributed by atoms with Gasteiger partial charge in [0.25, 0.3) is 11.8 Å². The Morgan fingerprint density at radius 2 is 1.87 bits per heavy atom. The number of aromatic nitrogens is 5. The molecule has 0 amide bonds. The minimum atomic E-state index is -0.833. The lowest BCUT2D eigenvalue weighted by atomic mass is 10.1. The standard InChI is InChI=1S/C22H23N9O3.C2H4O2/c1-33-16-10-13(11-27-21(16)34-2)17(28-14-7-5-12(6-8-14)18(24)25)19-29-22(32)31(30-19)20-15(23)4-3-9-26-20;1-2(3)4/h3-11,17,28H,23H2,1-2H3,(H3,24,25)(H,29,30,32);1H3,(H,3,4). The zero-order valence-corrected chi connectivity index (χ0v) is 20.8. The fraction of sp³-hybridized carbons (Fsp3) is 0.167. The van der Waals surface area contributed by atoms with Crippen LogP contribution in [0, 0.1) is 5.41 Å². The summed E-state index contributed by atoms with van der Waals surface area (Å²) in [6.45, 7) is 1.08. The molecule has 0 bridgehead atoms. The number of methoxy groups -OCH3 is 2. The molecule has 0 aliphatic rings. The molecule has 3 heterocycles. The summed E-state index contributed by atoms with van der Waals surface area (Å²) in [6, 6.07) is 11.4. The van der Waals surface area contributed by atoms with E-state index in [0.29, 0.717) is 40.0 Å². The molecule has 0 saturated heterocycles. The van der Waals surface area contributed by atoms with Crippen molar-refractivity contribution in [3.05, 3.63) is 82.3 Å². The number of nitrogens with two attached hydrogens (primary N) is 2. The van der Waals surface area contributed by atoms with E-state index in [4.69, 9.17) is 36.3 Å². The fourth-order valence-electron chi connectivity index (χ4n) is 3.33. The molecule has 0 spiro atoms. The highest BCUT2D eigenvalue weighted by Crippen LogP contribution is 2.31. The second kappa shape index (κ2) is 12.0. The summed E-state index contributed by atoms with van der Waals surface area (Å²) in [4.78, 5) is 33.0. The number of nitrogens with zero attached hydrogens (tertiary/aromatic N) is 4. The van der Waals surface area contributed by atoms with Gasteiger partial charge in [0.1, 0.15) is 11.9 Å². The van der Waals surface area contributed by atoms with Crippen LogP contribution in [0.15, 0.2) is 59.7 Å². The Hall–Kier alpha value is -5.40. The fourth-order valence-corrected chi connectivity index (χ4v) is 3.33. The van der Waals surface area contributed by atoms with Gasteiger partial charge in [-0.1, -0.05) is 0 Å². The second-order valence-electron chi connectivity index (χ2n) is 7.71. The minimum Gasteiger partial charge on any atom is -0.491 e. The van der Waals surface area contributed by atoms with Gasteiger partial charge in [-0.2, -0.15) is 4.68 Å². The van der Waals surface area contributed by atoms with Gasteiger partial charge in [0.2, 0.25) is 0 Å². The van der Waals surface area contributed by atoms with Crippen molar-refractivity contribution in [2.75, 3.05) is 25.3 Å². The Bertz CT molecular complexity index is 1480. The lowest BCUT2D eigenvalue weighted by Gasteiger charge is -2.19. The molecule has 38 heavy (non-hydrogen) atoms. The SMILES string of the molecule is CC(=O)O.COc1cc(C(Nc2ccc(C(=N)N)cc2)c2nn(-c3ncccc3N)c(=O)[nH]2)cnc1OC. The van der Waals surface area contributed by atoms with Crippen LogP contribution in [0.25, 0.3) is 5.82 Å². The van der Waals surface area contributed by atoms with E-state index in [2.05, 4.69) is 25.4 Å². The first kappa shape index (κ1) is 27.2. The molecular formula is C24H27N9O5. The number of hydrogen-bond acceptors (Lipinski definition) is 10. The van der Waals surface area contributed by atoms with Crippen LogP contribution in [-0.2, 0) is 4.79 Å². The van der Waals surface area contributed by atoms with Crippen LogP contribution in [0.1, 0.15) is 29.9 Å². The first-order chi connectivity index (χ1) is 18.1. The van der Waals surface area contributed by atoms with E-state index < -0.39 is 17.7 Å². The number of rotatable bonds is 8. The normalized spacial score (nSPS) is 11.0. The van der Waals surface area contributed by atoms with Crippen molar-refractivity contribution in [3.63, 3.8) is 0 Å². The van der Waals surface area contributed by atoms with Crippen molar-refractivity contribution in [3.8, 4) is 17.4 Å². The average Bonchev–Trinajstić information content (AvgIpc) is 3.27. The number of carbonyl (C=O) groups is 1. The molecule has 0 saturated carbocycles. The highest BCUT2D eigenvalue weighted by atomic mass is 16.5. The third-order valence-corrected chi connectivity index (χ3v) is 5.02. The molecule has 0 aliphatic carbocycles. The molecule has 0 radical (unpaired) electrons. The quantitative estimate of drug-likeness (QED) is 0.144. The van der Waals surface area contributed by atoms with Gasteiger partial charge in [0.15, 0.2) is 17.4 Å². The molecule has 0 aliphatic heterocycles. The summed E-state index contributed by atoms with van der Waals surface area (Å²) in [7, 11) is 3.00. The number of carboxylic acids is 1. The van der Waals surface area contributed by atoms with Crippen molar-refractivity contribution in [1.29, 1.82) is 5.41 Å². The van der Waals surface area contributed by atoms with Crippen molar-refractivity contribution in [2.24, 2.45) is 5.73 Å². The van der Waals surface area contributed by atoms with Crippen LogP contribution in [0.3, 0.4) is 0 Å². The smallest absolute Gasteiger partial charge is 0.349 e. The molecule has 4 aromatic rings. The van der Waals surface area contributed by atoms with Crippen LogP contribution in [0.5, 0.6) is 11.6 Å². The number of ether oxygens (including phenoxy) is 2. The van der Waals surface area contributed by atoms with Gasteiger partial charge in [-0.3, -0.25) is 15.2 Å². The Labute approximate surface area is 216 Å². The number of carboxylic acid groups (broad SMARTS) is 1. The summed E-state index contributed by atoms with van der Waals surface area (Å²) < 4.78 is 11.7. The largest absolute Gasteiger partial charge is 0.491 e. The van der Waals surface area contributed by atoms with Gasteiger partial charge in [0.05, 0.1) is 19.9 Å². The third kappa shape index (κ3) is 6.42. The van der Waals surface area contributed by atoms with E-state index in [-0.39, 0.29) is 11.7 Å². The number of H-pyrrole nitrogens is 1. The maximum absolute atomic E-state index is 12.7. The van der Waals surface area contributed by atoms with E-state index in [1.807, 2.05) is 0 Å². The van der Waals surface area contributed by atoms with E-state index >= 15 is 0 Å². The van der Waals surface area contributed by atoms with Crippen LogP contribution >= 0.6 is 0 Å². The zero-order valence-electron chi connectivity index (χ0n) is 20.8. The highest BCUT2D eigenvalue weighted by molar-refractivity contribution is 5.95. The Morgan fingerprint density at radius 3 is 2.45 bits per heavy atom. The Morgan fingerprint density at radius 1 is 1.18 bits per heavy atom. The first-order valence-corrected chi connectivity index (χ1v) is 11.0. The lowest BCUT2D eigenvalue weighted by molar-refractivity contribution is -0.134. The molecule has 14 nitrogen and oxygen atoms in total. The Balaban J connectivity index is 0.000000934. The average molecular weight is 522 g/mol. The number of anilines is 2. The van der Waals surface area contributed by atoms with E-state index in [1.165, 1.54) is 20.4 Å². The van der Waals surface area contributed by atoms with Gasteiger partial charge >= 0.3 is 5.69 Å². The number of aliphatic carboxylic acids is 1. The third-order valence-electron chi connectivity index (χ3n) is 5.02. The number of aromatic amines is 1. The number of hydrogen-bond donors (Lipinski definition) is 6. The van der Waals surface area contributed by atoms with E-state index in [0.717, 1.165) is 11.6 Å². The summed E-state index contributed by atoms with van der Waals surface area (Å²) in [5.74, 6) is 0.360. The van der Waals surface area contributed by atoms with Gasteiger partial charge in [-0.25, -0.2) is 14.8 Å². The predicted molar refractivity (Wildman–Crippen MR) is 140 cm³/mol. The lowest BCUT2D eigenvalue weighted by Crippen LogP contribution is -2.18. The maximum atomic E-state index is 12.7. The zero-order chi connectivity index (χ0) is 27.8. The van der Waals surface area contributed by atoms with Crippen molar-refractivity contribution >= 4 is 23.2 Å². The van der Waals surface area contributed by atoms with Crippen molar-refractivity contribution < 1.29 is 19.4 Å². The predicted octanol–water partition coefficient (Wildman–Crippen LogP) is 1.53. The summed E-state index contributed by atoms with van der Waals surface area (Å²) >= 11 is 0. The molecule has 1 unspecified atom stereocenters. The van der Waals surface area contributed by atoms with Gasteiger partial charge in [-0.15, -0.1) is 5.10 Å². The van der Waals surface area contributed by atoms with Gasteiger partial charge < -0.3 is 31.4 Å². The summed E-state index contributed by atoms with van der Waals surface area (Å²) in [5.41, 5.74) is 13.3. The molecule has 4 rings (SSSR count). The van der Waals surface area contributed by atoms with Crippen LogP contribution in [-0.4, -0.2) is 55.9 Å². The molecule has 8 N–H and O–H groups in total. The molecular weight excluding hydrogens is 494 g/mol. The van der Waals surface area contributed by atoms with Gasteiger partial charge in [0, 0.05) is 36.1 Å². The molecule has 0 fully saturated rings. The van der Waals surface area contributed by atoms with Gasteiger partial charge in [-0.05, 0) is 42.5 Å². The number of nitrogen functional groups attached to an aromatic ring is 2. The number of pyridine rings is 2. The van der Waals surface area contributed by atoms with E-state index in [9.17, 15) is 4.79 Å². The molecule has 3 aromatic heterocycles. The minimum absolute atomic E-state index is 0.0387. The maximum Gasteiger partial charge on any atom is 0.349 e. The summed E-state index contributed by atoms with van der Waals surface area (Å²) in [6.07, 6.45) is 3.12. The molecule has 14 heteroatoms. The molecule has 1 atom stereocenters. The monoisotopic (exact) mass is 521 g/mol. The van der Waals surface area contributed by atoms with Crippen molar-refractivity contribution in [1.82, 2.24) is 24.7 Å². The van der Waals surface area contributed by atoms with Crippen LogP contribution in [0.4, 0.5) is 11.4 Å². The van der Waals surface area contributed by atoms with E-state index in [1.54, 1.807) is 48.7 Å². The number of benzene rings is 1. The number of amidine groups is 1. The molecule has 1 aromatic carbocycles. The molecule has 198 valence electrons. The number of nitrogens with one attached hydrogen (secondary N) is 3. The summed E-state index contributed by atoms with van der Waals surface area (Å²) in [5, 5.41) is 22.8. The topological polar surface area (TPSA) is 220 Å². The second-order valence-corrected chi connectivity index (χ2v) is 7.71. The van der Waals surface area contributed by atoms with Crippen molar-refractivity contribution in [2.45, 2.75) is 13.0 Å². The van der Waals surface area contributed by atoms with Crippen LogP contribution in [0.2, 0.25) is 0 Å². The first-order valence-electron chi connectivity index (χ1n) is 11.0.